The molecule has 0 atom stereocenters. The van der Waals surface area contributed by atoms with Gasteiger partial charge in [0.15, 0.2) is 0 Å². The molecule has 1 heterocycles. The normalized spacial score (nSPS) is 14.8. The summed E-state index contributed by atoms with van der Waals surface area (Å²) < 4.78 is 24.2. The molecule has 6 heteroatoms. The fourth-order valence-corrected chi connectivity index (χ4v) is 3.24. The van der Waals surface area contributed by atoms with Gasteiger partial charge in [-0.3, -0.25) is 4.79 Å². The maximum absolute atomic E-state index is 11.1. The molecule has 0 fully saturated rings. The van der Waals surface area contributed by atoms with Gasteiger partial charge in [0.2, 0.25) is 0 Å². The van der Waals surface area contributed by atoms with Gasteiger partial charge in [-0.25, -0.2) is 13.1 Å². The third-order valence-electron chi connectivity index (χ3n) is 2.99. The summed E-state index contributed by atoms with van der Waals surface area (Å²) in [7, 11) is 0.598. The van der Waals surface area contributed by atoms with Crippen LogP contribution < -0.4 is 4.72 Å². The molecule has 0 unspecified atom stereocenters. The second-order valence-electron chi connectivity index (χ2n) is 5.15. The second-order valence-corrected chi connectivity index (χ2v) is 6.80. The Kier molecular flexibility index (Phi) is 4.95. The number of nitrogens with zero attached hydrogens (tertiary/aromatic N) is 1. The summed E-state index contributed by atoms with van der Waals surface area (Å²) in [6.45, 7) is 1.03. The van der Waals surface area contributed by atoms with Crippen LogP contribution in [-0.4, -0.2) is 33.3 Å². The number of amides is 1. The molecule has 2 aromatic rings. The predicted molar refractivity (Wildman–Crippen MR) is 84.9 cm³/mol. The number of hydrogen-bond donors (Lipinski definition) is 1. The zero-order chi connectivity index (χ0) is 16.2. The number of carbonyl (C=O) groups excluding carboxylic acids is 1. The first-order valence-electron chi connectivity index (χ1n) is 6.75. The first kappa shape index (κ1) is 16.2. The van der Waals surface area contributed by atoms with Gasteiger partial charge in [0, 0.05) is 6.54 Å². The summed E-state index contributed by atoms with van der Waals surface area (Å²) in [5.41, 5.74) is 1.59. The lowest BCUT2D eigenvalue weighted by Crippen LogP contribution is -2.20. The predicted octanol–water partition coefficient (Wildman–Crippen LogP) is 1.87. The number of rotatable bonds is 2. The average molecular weight is 318 g/mol. The molecule has 22 heavy (non-hydrogen) atoms. The number of benzene rings is 2. The van der Waals surface area contributed by atoms with Crippen molar-refractivity contribution in [3.8, 4) is 0 Å². The largest absolute Gasteiger partial charge is 0.305 e. The molecule has 0 saturated carbocycles. The molecular weight excluding hydrogens is 300 g/mol. The Balaban J connectivity index is 0.000000164. The Bertz CT molecular complexity index is 756. The Morgan fingerprint density at radius 2 is 1.55 bits per heavy atom. The van der Waals surface area contributed by atoms with Crippen LogP contribution in [0.15, 0.2) is 59.5 Å². The van der Waals surface area contributed by atoms with E-state index in [-0.39, 0.29) is 10.5 Å². The van der Waals surface area contributed by atoms with Gasteiger partial charge in [-0.05, 0) is 31.8 Å². The lowest BCUT2D eigenvalue weighted by Gasteiger charge is -2.08. The molecule has 116 valence electrons. The molecule has 0 saturated heterocycles. The van der Waals surface area contributed by atoms with Gasteiger partial charge in [0.25, 0.3) is 15.9 Å². The van der Waals surface area contributed by atoms with Crippen LogP contribution in [0.3, 0.4) is 0 Å². The summed E-state index contributed by atoms with van der Waals surface area (Å²) in [5.74, 6) is -0.550. The smallest absolute Gasteiger partial charge is 0.266 e. The van der Waals surface area contributed by atoms with Gasteiger partial charge in [0.1, 0.15) is 4.90 Å². The van der Waals surface area contributed by atoms with Crippen molar-refractivity contribution >= 4 is 15.9 Å². The molecule has 0 aliphatic carbocycles. The third kappa shape index (κ3) is 3.93. The number of fused-ring (bicyclic) bond motifs is 1. The van der Waals surface area contributed by atoms with E-state index in [2.05, 4.69) is 43.3 Å². The number of hydrogen-bond acceptors (Lipinski definition) is 4. The number of sulfonamides is 1. The second kappa shape index (κ2) is 6.72. The molecular formula is C16H18N2O3S. The van der Waals surface area contributed by atoms with Gasteiger partial charge in [-0.15, -0.1) is 0 Å². The molecule has 0 radical (unpaired) electrons. The summed E-state index contributed by atoms with van der Waals surface area (Å²) in [4.78, 5) is 13.2. The van der Waals surface area contributed by atoms with E-state index < -0.39 is 15.9 Å². The lowest BCUT2D eigenvalue weighted by atomic mass is 10.2. The zero-order valence-electron chi connectivity index (χ0n) is 12.5. The zero-order valence-corrected chi connectivity index (χ0v) is 13.3. The summed E-state index contributed by atoms with van der Waals surface area (Å²) in [6.07, 6.45) is 0. The first-order valence-corrected chi connectivity index (χ1v) is 8.23. The van der Waals surface area contributed by atoms with Gasteiger partial charge < -0.3 is 4.90 Å². The fraction of sp³-hybridized carbons (Fsp3) is 0.188. The molecule has 1 N–H and O–H groups in total. The summed E-state index contributed by atoms with van der Waals surface area (Å²) in [6, 6.07) is 16.5. The van der Waals surface area contributed by atoms with Crippen molar-refractivity contribution in [1.29, 1.82) is 0 Å². The fourth-order valence-electron chi connectivity index (χ4n) is 2.07. The van der Waals surface area contributed by atoms with E-state index in [0.29, 0.717) is 0 Å². The Labute approximate surface area is 130 Å². The molecule has 3 rings (SSSR count). The van der Waals surface area contributed by atoms with Crippen molar-refractivity contribution in [1.82, 2.24) is 9.62 Å². The van der Waals surface area contributed by atoms with Crippen molar-refractivity contribution in [2.24, 2.45) is 0 Å². The molecule has 2 aromatic carbocycles. The minimum absolute atomic E-state index is 0.0648. The molecule has 1 aliphatic heterocycles. The average Bonchev–Trinajstić information content (AvgIpc) is 2.71. The van der Waals surface area contributed by atoms with E-state index in [1.54, 1.807) is 12.1 Å². The van der Waals surface area contributed by atoms with Crippen molar-refractivity contribution < 1.29 is 13.2 Å². The van der Waals surface area contributed by atoms with E-state index in [1.807, 2.05) is 10.8 Å². The van der Waals surface area contributed by atoms with Crippen LogP contribution in [0, 0.1) is 0 Å². The number of carbonyl (C=O) groups is 1. The van der Waals surface area contributed by atoms with Crippen molar-refractivity contribution in [2.45, 2.75) is 11.4 Å². The van der Waals surface area contributed by atoms with E-state index in [1.165, 1.54) is 17.7 Å². The molecule has 0 spiro atoms. The van der Waals surface area contributed by atoms with Gasteiger partial charge >= 0.3 is 0 Å². The van der Waals surface area contributed by atoms with Crippen LogP contribution in [0.25, 0.3) is 0 Å². The molecule has 0 bridgehead atoms. The van der Waals surface area contributed by atoms with Crippen molar-refractivity contribution in [2.75, 3.05) is 14.1 Å². The highest BCUT2D eigenvalue weighted by molar-refractivity contribution is 7.90. The molecule has 0 aromatic heterocycles. The molecule has 5 nitrogen and oxygen atoms in total. The Morgan fingerprint density at radius 3 is 2.14 bits per heavy atom. The van der Waals surface area contributed by atoms with E-state index in [4.69, 9.17) is 0 Å². The highest BCUT2D eigenvalue weighted by Crippen LogP contribution is 2.20. The quantitative estimate of drug-likeness (QED) is 0.918. The third-order valence-corrected chi connectivity index (χ3v) is 4.38. The molecule has 1 aliphatic rings. The minimum Gasteiger partial charge on any atom is -0.305 e. The minimum atomic E-state index is -3.55. The van der Waals surface area contributed by atoms with Crippen LogP contribution >= 0.6 is 0 Å². The van der Waals surface area contributed by atoms with Gasteiger partial charge in [-0.2, -0.15) is 0 Å². The number of nitrogens with one attached hydrogen (secondary N) is 1. The van der Waals surface area contributed by atoms with Crippen LogP contribution in [0.1, 0.15) is 15.9 Å². The maximum atomic E-state index is 11.1. The summed E-state index contributed by atoms with van der Waals surface area (Å²) >= 11 is 0. The Morgan fingerprint density at radius 1 is 0.955 bits per heavy atom. The van der Waals surface area contributed by atoms with Crippen LogP contribution in [-0.2, 0) is 16.6 Å². The highest BCUT2D eigenvalue weighted by atomic mass is 32.2. The monoisotopic (exact) mass is 318 g/mol. The van der Waals surface area contributed by atoms with Crippen LogP contribution in [0.2, 0.25) is 0 Å². The van der Waals surface area contributed by atoms with Crippen LogP contribution in [0.5, 0.6) is 0 Å². The van der Waals surface area contributed by atoms with Crippen molar-refractivity contribution in [3.05, 3.63) is 65.7 Å². The topological polar surface area (TPSA) is 66.5 Å². The van der Waals surface area contributed by atoms with E-state index in [9.17, 15) is 13.2 Å². The molecule has 1 amide bonds. The van der Waals surface area contributed by atoms with Crippen LogP contribution in [0.4, 0.5) is 0 Å². The van der Waals surface area contributed by atoms with Gasteiger partial charge in [0.05, 0.1) is 5.56 Å². The Hall–Kier alpha value is -2.18. The maximum Gasteiger partial charge on any atom is 0.266 e. The first-order chi connectivity index (χ1) is 10.4. The SMILES string of the molecule is CN(C)Cc1ccccc1.O=C1NS(=O)(=O)c2ccccc21. The van der Waals surface area contributed by atoms with E-state index in [0.717, 1.165) is 6.54 Å². The lowest BCUT2D eigenvalue weighted by molar-refractivity contribution is 0.0985. The summed E-state index contributed by atoms with van der Waals surface area (Å²) in [5, 5.41) is 0. The highest BCUT2D eigenvalue weighted by Gasteiger charge is 2.31. The van der Waals surface area contributed by atoms with Crippen molar-refractivity contribution in [3.63, 3.8) is 0 Å². The standard InChI is InChI=1S/C9H13N.C7H5NO3S/c1-10(2)8-9-6-4-3-5-7-9;9-7-5-3-1-2-4-6(5)12(10,11)8-7/h3-7H,8H2,1-2H3;1-4H,(H,8,9). The van der Waals surface area contributed by atoms with E-state index >= 15 is 0 Å². The van der Waals surface area contributed by atoms with Gasteiger partial charge in [-0.1, -0.05) is 42.5 Å².